The van der Waals surface area contributed by atoms with E-state index >= 15 is 0 Å². The second-order valence-electron chi connectivity index (χ2n) is 10.5. The van der Waals surface area contributed by atoms with E-state index in [1.54, 1.807) is 0 Å². The summed E-state index contributed by atoms with van der Waals surface area (Å²) < 4.78 is 1.89. The van der Waals surface area contributed by atoms with Crippen LogP contribution in [-0.4, -0.2) is 46.5 Å². The summed E-state index contributed by atoms with van der Waals surface area (Å²) in [4.78, 5) is 35.5. The molecule has 206 valence electrons. The zero-order chi connectivity index (χ0) is 27.8. The molecule has 1 aliphatic heterocycles. The third-order valence-electron chi connectivity index (χ3n) is 7.90. The monoisotopic (exact) mass is 572 g/mol. The number of carbonyl (C=O) groups excluding carboxylic acids is 1. The Hall–Kier alpha value is -3.26. The first-order chi connectivity index (χ1) is 19.5. The van der Waals surface area contributed by atoms with E-state index in [9.17, 15) is 9.59 Å². The number of pyridine rings is 1. The van der Waals surface area contributed by atoms with E-state index in [-0.39, 0.29) is 17.4 Å². The van der Waals surface area contributed by atoms with Crippen molar-refractivity contribution in [1.82, 2.24) is 19.8 Å². The average Bonchev–Trinajstić information content (AvgIpc) is 3.72. The minimum absolute atomic E-state index is 0.0000844. The number of carbonyl (C=O) groups is 1. The number of hydrogen-bond acceptors (Lipinski definition) is 5. The molecule has 2 aromatic carbocycles. The van der Waals surface area contributed by atoms with Gasteiger partial charge in [-0.15, -0.1) is 11.3 Å². The summed E-state index contributed by atoms with van der Waals surface area (Å²) in [6.45, 7) is 7.09. The van der Waals surface area contributed by atoms with Crippen molar-refractivity contribution in [1.29, 1.82) is 0 Å². The van der Waals surface area contributed by atoms with Crippen LogP contribution in [0.25, 0.3) is 27.5 Å². The van der Waals surface area contributed by atoms with Gasteiger partial charge < -0.3 is 10.2 Å². The molecule has 1 N–H and O–H groups in total. The fourth-order valence-electron chi connectivity index (χ4n) is 5.63. The first-order valence-electron chi connectivity index (χ1n) is 14.1. The van der Waals surface area contributed by atoms with E-state index in [2.05, 4.69) is 37.4 Å². The highest BCUT2D eigenvalue weighted by Gasteiger charge is 2.36. The maximum Gasteiger partial charge on any atom is 0.265 e. The fourth-order valence-corrected chi connectivity index (χ4v) is 6.59. The molecule has 4 aromatic rings. The summed E-state index contributed by atoms with van der Waals surface area (Å²) in [5, 5.41) is 6.59. The molecule has 1 aliphatic carbocycles. The van der Waals surface area contributed by atoms with E-state index in [1.165, 1.54) is 11.3 Å². The van der Waals surface area contributed by atoms with Gasteiger partial charge in [-0.2, -0.15) is 0 Å². The molecule has 0 spiro atoms. The molecule has 2 fully saturated rings. The van der Waals surface area contributed by atoms with Gasteiger partial charge in [0.15, 0.2) is 0 Å². The van der Waals surface area contributed by atoms with Gasteiger partial charge >= 0.3 is 0 Å². The number of hydrogen-bond donors (Lipinski definition) is 1. The molecule has 0 bridgehead atoms. The van der Waals surface area contributed by atoms with Crippen LogP contribution in [0.15, 0.2) is 58.7 Å². The van der Waals surface area contributed by atoms with E-state index in [4.69, 9.17) is 16.6 Å². The third-order valence-corrected chi connectivity index (χ3v) is 9.03. The zero-order valence-corrected chi connectivity index (χ0v) is 24.4. The van der Waals surface area contributed by atoms with Crippen LogP contribution in [0.3, 0.4) is 0 Å². The Kier molecular flexibility index (Phi) is 7.62. The highest BCUT2D eigenvalue weighted by atomic mass is 35.5. The van der Waals surface area contributed by atoms with Gasteiger partial charge in [-0.25, -0.2) is 4.98 Å². The second-order valence-corrected chi connectivity index (χ2v) is 11.8. The first-order valence-corrected chi connectivity index (χ1v) is 15.4. The largest absolute Gasteiger partial charge is 0.336 e. The number of benzene rings is 2. The minimum atomic E-state index is -0.105. The van der Waals surface area contributed by atoms with Gasteiger partial charge in [0.2, 0.25) is 0 Å². The number of nitrogens with zero attached hydrogens (tertiary/aromatic N) is 3. The highest BCUT2D eigenvalue weighted by molar-refractivity contribution is 7.13. The maximum absolute atomic E-state index is 14.6. The maximum atomic E-state index is 14.6. The van der Waals surface area contributed by atoms with E-state index in [1.807, 2.05) is 45.2 Å². The third kappa shape index (κ3) is 5.02. The molecule has 1 amide bonds. The number of rotatable bonds is 7. The number of piperazine rings is 1. The topological polar surface area (TPSA) is 67.2 Å². The molecule has 8 heteroatoms. The van der Waals surface area contributed by atoms with Crippen molar-refractivity contribution in [2.75, 3.05) is 26.2 Å². The van der Waals surface area contributed by atoms with Crippen molar-refractivity contribution in [2.24, 2.45) is 0 Å². The van der Waals surface area contributed by atoms with Gasteiger partial charge in [-0.3, -0.25) is 14.2 Å². The van der Waals surface area contributed by atoms with Crippen molar-refractivity contribution >= 4 is 28.8 Å². The van der Waals surface area contributed by atoms with Crippen molar-refractivity contribution in [2.45, 2.75) is 45.4 Å². The normalized spacial score (nSPS) is 15.4. The predicted molar refractivity (Wildman–Crippen MR) is 163 cm³/mol. The van der Waals surface area contributed by atoms with Gasteiger partial charge in [0.1, 0.15) is 5.01 Å². The summed E-state index contributed by atoms with van der Waals surface area (Å²) in [6, 6.07) is 15.6. The van der Waals surface area contributed by atoms with Gasteiger partial charge in [-0.05, 0) is 55.0 Å². The van der Waals surface area contributed by atoms with Gasteiger partial charge in [0.05, 0.1) is 22.5 Å². The molecule has 40 heavy (non-hydrogen) atoms. The lowest BCUT2D eigenvalue weighted by molar-refractivity contribution is 0.0733. The number of amides is 1. The number of thiazole rings is 1. The van der Waals surface area contributed by atoms with Crippen LogP contribution in [-0.2, 0) is 12.8 Å². The van der Waals surface area contributed by atoms with Gasteiger partial charge in [0.25, 0.3) is 11.5 Å². The Balaban J connectivity index is 1.60. The molecular formula is C32H33ClN4O2S. The van der Waals surface area contributed by atoms with Crippen molar-refractivity contribution in [3.8, 4) is 27.5 Å². The molecule has 0 unspecified atom stereocenters. The summed E-state index contributed by atoms with van der Waals surface area (Å²) in [5.74, 6) is 0.194. The average molecular weight is 573 g/mol. The van der Waals surface area contributed by atoms with Crippen molar-refractivity contribution in [3.63, 3.8) is 0 Å². The lowest BCUT2D eigenvalue weighted by Gasteiger charge is -2.29. The Bertz CT molecular complexity index is 1590. The summed E-state index contributed by atoms with van der Waals surface area (Å²) >= 11 is 7.53. The number of aromatic nitrogens is 2. The second kappa shape index (κ2) is 11.3. The van der Waals surface area contributed by atoms with Gasteiger partial charge in [0, 0.05) is 53.8 Å². The Morgan fingerprint density at radius 1 is 1.05 bits per heavy atom. The van der Waals surface area contributed by atoms with Crippen LogP contribution in [0.1, 0.15) is 59.8 Å². The van der Waals surface area contributed by atoms with Crippen LogP contribution in [0, 0.1) is 0 Å². The molecule has 3 heterocycles. The van der Waals surface area contributed by atoms with Crippen LogP contribution in [0.4, 0.5) is 0 Å². The van der Waals surface area contributed by atoms with Crippen LogP contribution in [0.2, 0.25) is 5.02 Å². The fraction of sp³-hybridized carbons (Fsp3) is 0.344. The molecule has 0 radical (unpaired) electrons. The molecule has 1 saturated heterocycles. The zero-order valence-electron chi connectivity index (χ0n) is 22.9. The quantitative estimate of drug-likeness (QED) is 0.281. The summed E-state index contributed by atoms with van der Waals surface area (Å²) in [6.07, 6.45) is 3.55. The Labute approximate surface area is 243 Å². The van der Waals surface area contributed by atoms with Crippen LogP contribution in [0.5, 0.6) is 0 Å². The SMILES string of the molecule is CCc1cccc(CC)c1-n1c(C2CC2)c(C(=O)N2CCNCC2)cc(-c2nc(-c3ccc(Cl)cc3)cs2)c1=O. The number of nitrogens with one attached hydrogen (secondary N) is 1. The minimum Gasteiger partial charge on any atom is -0.336 e. The molecule has 0 atom stereocenters. The number of halogens is 1. The lowest BCUT2D eigenvalue weighted by atomic mass is 9.99. The van der Waals surface area contributed by atoms with Crippen LogP contribution < -0.4 is 10.9 Å². The molecular weight excluding hydrogens is 540 g/mol. The highest BCUT2D eigenvalue weighted by Crippen LogP contribution is 2.44. The smallest absolute Gasteiger partial charge is 0.265 e. The van der Waals surface area contributed by atoms with E-state index in [0.29, 0.717) is 34.2 Å². The molecule has 2 aliphatic rings. The van der Waals surface area contributed by atoms with E-state index < -0.39 is 0 Å². The molecule has 2 aromatic heterocycles. The summed E-state index contributed by atoms with van der Waals surface area (Å²) in [5.41, 5.74) is 6.75. The van der Waals surface area contributed by atoms with Gasteiger partial charge in [-0.1, -0.05) is 55.8 Å². The van der Waals surface area contributed by atoms with Crippen molar-refractivity contribution < 1.29 is 4.79 Å². The Morgan fingerprint density at radius 3 is 2.35 bits per heavy atom. The lowest BCUT2D eigenvalue weighted by Crippen LogP contribution is -2.47. The standard InChI is InChI=1S/C32H33ClN4O2S/c1-3-20-6-5-7-21(4-2)28(20)37-29(23-8-9-23)25(31(38)36-16-14-34-15-17-36)18-26(32(37)39)30-35-27(19-40-30)22-10-12-24(33)13-11-22/h5-7,10-13,18-19,23,34H,3-4,8-9,14-17H2,1-2H3. The molecule has 6 rings (SSSR count). The van der Waals surface area contributed by atoms with Crippen LogP contribution >= 0.6 is 22.9 Å². The first kappa shape index (κ1) is 26.9. The summed E-state index contributed by atoms with van der Waals surface area (Å²) in [7, 11) is 0. The molecule has 6 nitrogen and oxygen atoms in total. The predicted octanol–water partition coefficient (Wildman–Crippen LogP) is 6.33. The van der Waals surface area contributed by atoms with E-state index in [0.717, 1.165) is 72.5 Å². The number of para-hydroxylation sites is 1. The van der Waals surface area contributed by atoms with Crippen molar-refractivity contribution in [3.05, 3.63) is 91.7 Å². The Morgan fingerprint density at radius 2 is 1.73 bits per heavy atom. The number of aryl methyl sites for hydroxylation is 2. The molecule has 1 saturated carbocycles.